The molecule has 13 heteroatoms. The number of H-pyrrole nitrogens is 1. The number of aromatic nitrogens is 2. The van der Waals surface area contributed by atoms with Crippen LogP contribution in [0.4, 0.5) is 13.2 Å². The van der Waals surface area contributed by atoms with Crippen LogP contribution in [0.1, 0.15) is 23.7 Å². The Morgan fingerprint density at radius 3 is 2.39 bits per heavy atom. The fraction of sp³-hybridized carbons (Fsp3) is 0.500. The Balaban J connectivity index is 1.82. The van der Waals surface area contributed by atoms with E-state index < -0.39 is 54.4 Å². The van der Waals surface area contributed by atoms with Crippen molar-refractivity contribution < 1.29 is 47.9 Å². The SMILES string of the molecule is CCSc1ccc(CCc2c(OC3O[C@H](C(=O)O)[C@@H](O)[C@H](O)[C@H]3O)n[nH]c2C(F)(F)F)cc1. The lowest BCUT2D eigenvalue weighted by molar-refractivity contribution is -0.271. The van der Waals surface area contributed by atoms with E-state index in [0.717, 1.165) is 16.2 Å². The molecule has 1 aromatic heterocycles. The minimum absolute atomic E-state index is 0.142. The third-order valence-corrected chi connectivity index (χ3v) is 5.95. The molecule has 0 spiro atoms. The number of aliphatic carboxylic acids is 1. The molecule has 0 amide bonds. The predicted molar refractivity (Wildman–Crippen MR) is 109 cm³/mol. The number of carboxylic acid groups (broad SMARTS) is 1. The van der Waals surface area contributed by atoms with Crippen molar-refractivity contribution in [2.45, 2.75) is 61.5 Å². The van der Waals surface area contributed by atoms with Crippen molar-refractivity contribution in [1.82, 2.24) is 10.2 Å². The van der Waals surface area contributed by atoms with Crippen LogP contribution in [0.15, 0.2) is 29.2 Å². The van der Waals surface area contributed by atoms with Gasteiger partial charge in [0.2, 0.25) is 12.2 Å². The Kier molecular flexibility index (Phi) is 7.90. The second-order valence-electron chi connectivity index (χ2n) is 7.31. The highest BCUT2D eigenvalue weighted by Gasteiger charge is 2.49. The van der Waals surface area contributed by atoms with E-state index in [9.17, 15) is 33.3 Å². The van der Waals surface area contributed by atoms with Crippen LogP contribution in [0, 0.1) is 0 Å². The molecule has 0 radical (unpaired) electrons. The lowest BCUT2D eigenvalue weighted by Crippen LogP contribution is -2.61. The minimum atomic E-state index is -4.78. The largest absolute Gasteiger partial charge is 0.479 e. The lowest BCUT2D eigenvalue weighted by Gasteiger charge is -2.38. The number of halogens is 3. The maximum atomic E-state index is 13.5. The summed E-state index contributed by atoms with van der Waals surface area (Å²) in [5.74, 6) is -1.32. The van der Waals surface area contributed by atoms with Gasteiger partial charge in [0.1, 0.15) is 24.0 Å². The minimum Gasteiger partial charge on any atom is -0.479 e. The van der Waals surface area contributed by atoms with Gasteiger partial charge in [0.05, 0.1) is 0 Å². The van der Waals surface area contributed by atoms with Gasteiger partial charge in [-0.15, -0.1) is 16.9 Å². The third-order valence-electron chi connectivity index (χ3n) is 5.05. The van der Waals surface area contributed by atoms with E-state index in [1.807, 2.05) is 24.2 Å². The van der Waals surface area contributed by atoms with Crippen molar-refractivity contribution in [3.05, 3.63) is 41.1 Å². The zero-order valence-corrected chi connectivity index (χ0v) is 18.1. The number of nitrogens with one attached hydrogen (secondary N) is 1. The number of aryl methyl sites for hydroxylation is 1. The molecule has 1 unspecified atom stereocenters. The number of aliphatic hydroxyl groups excluding tert-OH is 3. The van der Waals surface area contributed by atoms with Crippen molar-refractivity contribution in [2.24, 2.45) is 0 Å². The van der Waals surface area contributed by atoms with Gasteiger partial charge < -0.3 is 29.9 Å². The maximum Gasteiger partial charge on any atom is 0.433 e. The summed E-state index contributed by atoms with van der Waals surface area (Å²) in [6.07, 6.45) is -14.4. The second-order valence-corrected chi connectivity index (χ2v) is 8.65. The highest BCUT2D eigenvalue weighted by Crippen LogP contribution is 2.36. The van der Waals surface area contributed by atoms with Crippen LogP contribution >= 0.6 is 11.8 Å². The first kappa shape index (κ1) is 25.3. The topological polar surface area (TPSA) is 145 Å². The molecule has 182 valence electrons. The number of benzene rings is 1. The highest BCUT2D eigenvalue weighted by atomic mass is 32.2. The molecule has 33 heavy (non-hydrogen) atoms. The number of rotatable bonds is 8. The van der Waals surface area contributed by atoms with Gasteiger partial charge in [-0.1, -0.05) is 19.1 Å². The number of hydrogen-bond acceptors (Lipinski definition) is 8. The van der Waals surface area contributed by atoms with Crippen molar-refractivity contribution >= 4 is 17.7 Å². The number of thioether (sulfide) groups is 1. The van der Waals surface area contributed by atoms with Crippen molar-refractivity contribution in [1.29, 1.82) is 0 Å². The summed E-state index contributed by atoms with van der Waals surface area (Å²) in [6.45, 7) is 2.00. The standard InChI is InChI=1S/C20H23F3N2O7S/c1-2-33-10-6-3-9(4-7-10)5-8-11-16(20(21,22)23)24-25-17(11)32-19-14(28)12(26)13(27)15(31-19)18(29)30/h3-4,6-7,12-15,19,26-28H,2,5,8H2,1H3,(H,24,25)(H,29,30)/t12-,13-,14+,15-,19?/m0/s1. The molecule has 2 aromatic rings. The first-order valence-corrected chi connectivity index (χ1v) is 11.0. The van der Waals surface area contributed by atoms with Crippen molar-refractivity contribution in [3.8, 4) is 5.88 Å². The molecule has 1 aromatic carbocycles. The summed E-state index contributed by atoms with van der Waals surface area (Å²) in [5, 5.41) is 44.2. The summed E-state index contributed by atoms with van der Waals surface area (Å²) in [4.78, 5) is 12.3. The van der Waals surface area contributed by atoms with E-state index in [4.69, 9.17) is 14.6 Å². The van der Waals surface area contributed by atoms with Crippen molar-refractivity contribution in [3.63, 3.8) is 0 Å². The Morgan fingerprint density at radius 1 is 1.15 bits per heavy atom. The molecule has 0 saturated carbocycles. The predicted octanol–water partition coefficient (Wildman–Crippen LogP) is 1.60. The van der Waals surface area contributed by atoms with E-state index in [1.54, 1.807) is 23.9 Å². The Hall–Kier alpha value is -2.32. The van der Waals surface area contributed by atoms with E-state index in [2.05, 4.69) is 5.10 Å². The molecule has 3 rings (SSSR count). The summed E-state index contributed by atoms with van der Waals surface area (Å²) in [6, 6.07) is 7.34. The average Bonchev–Trinajstić information content (AvgIpc) is 3.16. The zero-order valence-electron chi connectivity index (χ0n) is 17.3. The van der Waals surface area contributed by atoms with Crippen LogP contribution < -0.4 is 4.74 Å². The molecule has 0 bridgehead atoms. The van der Waals surface area contributed by atoms with Crippen LogP contribution in [0.2, 0.25) is 0 Å². The lowest BCUT2D eigenvalue weighted by atomic mass is 9.99. The fourth-order valence-corrected chi connectivity index (χ4v) is 4.02. The van der Waals surface area contributed by atoms with Gasteiger partial charge in [-0.3, -0.25) is 5.10 Å². The number of ether oxygens (including phenoxy) is 2. The fourth-order valence-electron chi connectivity index (χ4n) is 3.36. The molecule has 9 nitrogen and oxygen atoms in total. The van der Waals surface area contributed by atoms with Gasteiger partial charge >= 0.3 is 12.1 Å². The number of nitrogens with zero attached hydrogens (tertiary/aromatic N) is 1. The van der Waals surface area contributed by atoms with Crippen LogP contribution in [-0.2, 0) is 28.5 Å². The van der Waals surface area contributed by atoms with Crippen molar-refractivity contribution in [2.75, 3.05) is 5.75 Å². The van der Waals surface area contributed by atoms with Gasteiger partial charge in [-0.2, -0.15) is 13.2 Å². The Bertz CT molecular complexity index is 954. The monoisotopic (exact) mass is 492 g/mol. The maximum absolute atomic E-state index is 13.5. The first-order valence-electron chi connectivity index (χ1n) is 9.98. The van der Waals surface area contributed by atoms with E-state index in [-0.39, 0.29) is 18.4 Å². The molecular formula is C20H23F3N2O7S. The zero-order chi connectivity index (χ0) is 24.3. The number of aliphatic hydroxyl groups is 3. The number of carbonyl (C=O) groups is 1. The van der Waals surface area contributed by atoms with Crippen LogP contribution in [0.5, 0.6) is 5.88 Å². The summed E-state index contributed by atoms with van der Waals surface area (Å²) in [7, 11) is 0. The number of hydrogen-bond donors (Lipinski definition) is 5. The average molecular weight is 492 g/mol. The number of aromatic amines is 1. The molecule has 1 saturated heterocycles. The van der Waals surface area contributed by atoms with E-state index >= 15 is 0 Å². The molecular weight excluding hydrogens is 469 g/mol. The van der Waals surface area contributed by atoms with Gasteiger partial charge in [-0.05, 0) is 36.3 Å². The molecule has 1 fully saturated rings. The van der Waals surface area contributed by atoms with Gasteiger partial charge in [-0.25, -0.2) is 4.79 Å². The summed E-state index contributed by atoms with van der Waals surface area (Å²) in [5.41, 5.74) is -0.733. The number of alkyl halides is 3. The van der Waals surface area contributed by atoms with Crippen LogP contribution in [0.25, 0.3) is 0 Å². The number of carboxylic acids is 1. The van der Waals surface area contributed by atoms with Gasteiger partial charge in [0.15, 0.2) is 6.10 Å². The first-order chi connectivity index (χ1) is 15.5. The molecule has 5 atom stereocenters. The quantitative estimate of drug-likeness (QED) is 0.347. The van der Waals surface area contributed by atoms with Crippen LogP contribution in [-0.4, -0.2) is 73.1 Å². The molecule has 0 aliphatic carbocycles. The van der Waals surface area contributed by atoms with Crippen LogP contribution in [0.3, 0.4) is 0 Å². The summed E-state index contributed by atoms with van der Waals surface area (Å²) < 4.78 is 50.7. The molecule has 1 aliphatic heterocycles. The summed E-state index contributed by atoms with van der Waals surface area (Å²) >= 11 is 1.63. The smallest absolute Gasteiger partial charge is 0.433 e. The highest BCUT2D eigenvalue weighted by molar-refractivity contribution is 7.99. The van der Waals surface area contributed by atoms with Gasteiger partial charge in [0, 0.05) is 10.5 Å². The Labute approximate surface area is 190 Å². The molecule has 1 aliphatic rings. The molecule has 5 N–H and O–H groups in total. The Morgan fingerprint density at radius 2 is 1.82 bits per heavy atom. The van der Waals surface area contributed by atoms with Gasteiger partial charge in [0.25, 0.3) is 0 Å². The molecule has 2 heterocycles. The van der Waals surface area contributed by atoms with E-state index in [0.29, 0.717) is 0 Å². The van der Waals surface area contributed by atoms with E-state index in [1.165, 1.54) is 0 Å². The normalized spacial score (nSPS) is 25.7. The second kappa shape index (κ2) is 10.3. The third kappa shape index (κ3) is 5.79.